The van der Waals surface area contributed by atoms with Crippen LogP contribution in [0.4, 0.5) is 0 Å². The molecular formula is C11H19NO4. The molecule has 1 saturated carbocycles. The Balaban J connectivity index is 2.18. The summed E-state index contributed by atoms with van der Waals surface area (Å²) in [5, 5.41) is 11.7. The molecule has 0 bridgehead atoms. The summed E-state index contributed by atoms with van der Waals surface area (Å²) in [7, 11) is 1.60. The number of hydrogen-bond donors (Lipinski definition) is 2. The minimum atomic E-state index is -0.754. The molecule has 1 amide bonds. The van der Waals surface area contributed by atoms with Crippen LogP contribution >= 0.6 is 0 Å². The summed E-state index contributed by atoms with van der Waals surface area (Å²) in [6, 6.07) is 0.0381. The third-order valence-electron chi connectivity index (χ3n) is 2.90. The van der Waals surface area contributed by atoms with Gasteiger partial charge in [-0.05, 0) is 25.7 Å². The van der Waals surface area contributed by atoms with E-state index in [0.29, 0.717) is 32.3 Å². The summed E-state index contributed by atoms with van der Waals surface area (Å²) < 4.78 is 4.85. The molecule has 1 fully saturated rings. The summed E-state index contributed by atoms with van der Waals surface area (Å²) in [6.07, 6.45) is 3.15. The van der Waals surface area contributed by atoms with Gasteiger partial charge < -0.3 is 15.2 Å². The molecule has 0 spiro atoms. The van der Waals surface area contributed by atoms with Gasteiger partial charge in [-0.2, -0.15) is 0 Å². The molecule has 0 aromatic rings. The van der Waals surface area contributed by atoms with Crippen molar-refractivity contribution in [2.24, 2.45) is 5.92 Å². The average Bonchev–Trinajstić information content (AvgIpc) is 2.66. The molecule has 2 unspecified atom stereocenters. The predicted molar refractivity (Wildman–Crippen MR) is 58.0 cm³/mol. The second-order valence-corrected chi connectivity index (χ2v) is 4.21. The Labute approximate surface area is 95.2 Å². The lowest BCUT2D eigenvalue weighted by Gasteiger charge is -2.12. The Bertz CT molecular complexity index is 254. The van der Waals surface area contributed by atoms with Crippen LogP contribution in [0, 0.1) is 5.92 Å². The third-order valence-corrected chi connectivity index (χ3v) is 2.90. The van der Waals surface area contributed by atoms with Crippen molar-refractivity contribution in [3.63, 3.8) is 0 Å². The first-order chi connectivity index (χ1) is 7.63. The van der Waals surface area contributed by atoms with Crippen molar-refractivity contribution in [3.05, 3.63) is 0 Å². The number of carboxylic acid groups (broad SMARTS) is 1. The SMILES string of the molecule is COCCCC(=O)NC1CCC(C(=O)O)C1. The van der Waals surface area contributed by atoms with E-state index < -0.39 is 5.97 Å². The van der Waals surface area contributed by atoms with Crippen LogP contribution in [0.1, 0.15) is 32.1 Å². The Morgan fingerprint density at radius 1 is 1.44 bits per heavy atom. The Kier molecular flexibility index (Phi) is 5.25. The zero-order chi connectivity index (χ0) is 12.0. The van der Waals surface area contributed by atoms with E-state index in [2.05, 4.69) is 5.32 Å². The molecule has 16 heavy (non-hydrogen) atoms. The first kappa shape index (κ1) is 13.0. The van der Waals surface area contributed by atoms with Gasteiger partial charge >= 0.3 is 5.97 Å². The van der Waals surface area contributed by atoms with Crippen molar-refractivity contribution in [1.82, 2.24) is 5.32 Å². The number of methoxy groups -OCH3 is 1. The molecule has 1 aliphatic carbocycles. The van der Waals surface area contributed by atoms with E-state index >= 15 is 0 Å². The standard InChI is InChI=1S/C11H19NO4/c1-16-6-2-3-10(13)12-9-5-4-8(7-9)11(14)15/h8-9H,2-7H2,1H3,(H,12,13)(H,14,15). The van der Waals surface area contributed by atoms with Crippen molar-refractivity contribution in [2.45, 2.75) is 38.1 Å². The first-order valence-electron chi connectivity index (χ1n) is 5.64. The largest absolute Gasteiger partial charge is 0.481 e. The van der Waals surface area contributed by atoms with Crippen molar-refractivity contribution in [1.29, 1.82) is 0 Å². The fraction of sp³-hybridized carbons (Fsp3) is 0.818. The minimum Gasteiger partial charge on any atom is -0.481 e. The van der Waals surface area contributed by atoms with Gasteiger partial charge in [-0.25, -0.2) is 0 Å². The predicted octanol–water partition coefficient (Wildman–Crippen LogP) is 0.782. The third kappa shape index (κ3) is 4.18. The van der Waals surface area contributed by atoms with E-state index in [0.717, 1.165) is 6.42 Å². The highest BCUT2D eigenvalue weighted by Crippen LogP contribution is 2.25. The van der Waals surface area contributed by atoms with Gasteiger partial charge in [0.2, 0.25) is 5.91 Å². The molecular weight excluding hydrogens is 210 g/mol. The van der Waals surface area contributed by atoms with Gasteiger partial charge in [-0.15, -0.1) is 0 Å². The summed E-state index contributed by atoms with van der Waals surface area (Å²) >= 11 is 0. The van der Waals surface area contributed by atoms with Crippen LogP contribution < -0.4 is 5.32 Å². The zero-order valence-corrected chi connectivity index (χ0v) is 9.57. The first-order valence-corrected chi connectivity index (χ1v) is 5.64. The number of carbonyl (C=O) groups excluding carboxylic acids is 1. The molecule has 0 heterocycles. The smallest absolute Gasteiger partial charge is 0.306 e. The number of ether oxygens (including phenoxy) is 1. The van der Waals surface area contributed by atoms with E-state index in [1.807, 2.05) is 0 Å². The fourth-order valence-electron chi connectivity index (χ4n) is 2.01. The monoisotopic (exact) mass is 229 g/mol. The number of hydrogen-bond acceptors (Lipinski definition) is 3. The molecule has 92 valence electrons. The van der Waals surface area contributed by atoms with Gasteiger partial charge in [0.05, 0.1) is 5.92 Å². The molecule has 1 aliphatic rings. The van der Waals surface area contributed by atoms with Crippen molar-refractivity contribution in [2.75, 3.05) is 13.7 Å². The van der Waals surface area contributed by atoms with E-state index in [4.69, 9.17) is 9.84 Å². The molecule has 0 radical (unpaired) electrons. The number of amides is 1. The normalized spacial score (nSPS) is 24.3. The minimum absolute atomic E-state index is 0.00640. The maximum Gasteiger partial charge on any atom is 0.306 e. The topological polar surface area (TPSA) is 75.6 Å². The van der Waals surface area contributed by atoms with E-state index in [9.17, 15) is 9.59 Å². The quantitative estimate of drug-likeness (QED) is 0.660. The lowest BCUT2D eigenvalue weighted by atomic mass is 10.1. The van der Waals surface area contributed by atoms with Gasteiger partial charge in [0, 0.05) is 26.2 Å². The van der Waals surface area contributed by atoms with Crippen LogP contribution in [-0.4, -0.2) is 36.7 Å². The fourth-order valence-corrected chi connectivity index (χ4v) is 2.01. The maximum atomic E-state index is 11.4. The van der Waals surface area contributed by atoms with Crippen molar-refractivity contribution < 1.29 is 19.4 Å². The second-order valence-electron chi connectivity index (χ2n) is 4.21. The van der Waals surface area contributed by atoms with Crippen LogP contribution in [-0.2, 0) is 14.3 Å². The lowest BCUT2D eigenvalue weighted by molar-refractivity contribution is -0.141. The summed E-state index contributed by atoms with van der Waals surface area (Å²) in [6.45, 7) is 0.579. The van der Waals surface area contributed by atoms with Gasteiger partial charge in [0.1, 0.15) is 0 Å². The summed E-state index contributed by atoms with van der Waals surface area (Å²) in [5.74, 6) is -1.05. The number of rotatable bonds is 6. The molecule has 0 aliphatic heterocycles. The molecule has 0 aromatic heterocycles. The molecule has 2 N–H and O–H groups in total. The van der Waals surface area contributed by atoms with Crippen LogP contribution in [0.5, 0.6) is 0 Å². The zero-order valence-electron chi connectivity index (χ0n) is 9.57. The average molecular weight is 229 g/mol. The molecule has 1 rings (SSSR count). The highest BCUT2D eigenvalue weighted by atomic mass is 16.5. The Hall–Kier alpha value is -1.10. The van der Waals surface area contributed by atoms with Gasteiger partial charge in [0.15, 0.2) is 0 Å². The number of nitrogens with one attached hydrogen (secondary N) is 1. The van der Waals surface area contributed by atoms with Crippen LogP contribution in [0.3, 0.4) is 0 Å². The molecule has 0 aromatic carbocycles. The van der Waals surface area contributed by atoms with Crippen molar-refractivity contribution in [3.8, 4) is 0 Å². The Morgan fingerprint density at radius 2 is 2.19 bits per heavy atom. The van der Waals surface area contributed by atoms with E-state index in [-0.39, 0.29) is 17.9 Å². The number of carbonyl (C=O) groups is 2. The van der Waals surface area contributed by atoms with Crippen molar-refractivity contribution >= 4 is 11.9 Å². The van der Waals surface area contributed by atoms with Crippen LogP contribution in [0.25, 0.3) is 0 Å². The second kappa shape index (κ2) is 6.48. The van der Waals surface area contributed by atoms with E-state index in [1.165, 1.54) is 0 Å². The molecule has 5 heteroatoms. The van der Waals surface area contributed by atoms with Gasteiger partial charge in [0.25, 0.3) is 0 Å². The highest BCUT2D eigenvalue weighted by Gasteiger charge is 2.30. The van der Waals surface area contributed by atoms with Gasteiger partial charge in [-0.3, -0.25) is 9.59 Å². The Morgan fingerprint density at radius 3 is 2.75 bits per heavy atom. The van der Waals surface area contributed by atoms with Crippen LogP contribution in [0.15, 0.2) is 0 Å². The summed E-state index contributed by atoms with van der Waals surface area (Å²) in [4.78, 5) is 22.2. The number of aliphatic carboxylic acids is 1. The van der Waals surface area contributed by atoms with E-state index in [1.54, 1.807) is 7.11 Å². The van der Waals surface area contributed by atoms with Gasteiger partial charge in [-0.1, -0.05) is 0 Å². The summed E-state index contributed by atoms with van der Waals surface area (Å²) in [5.41, 5.74) is 0. The molecule has 0 saturated heterocycles. The van der Waals surface area contributed by atoms with Crippen LogP contribution in [0.2, 0.25) is 0 Å². The highest BCUT2D eigenvalue weighted by molar-refractivity contribution is 5.76. The molecule has 5 nitrogen and oxygen atoms in total. The number of carboxylic acids is 1. The molecule has 2 atom stereocenters. The maximum absolute atomic E-state index is 11.4. The lowest BCUT2D eigenvalue weighted by Crippen LogP contribution is -2.33.